The van der Waals surface area contributed by atoms with E-state index in [2.05, 4.69) is 40.2 Å². The van der Waals surface area contributed by atoms with Crippen molar-refractivity contribution in [3.05, 3.63) is 46.9 Å². The lowest BCUT2D eigenvalue weighted by molar-refractivity contribution is 0.405. The first-order chi connectivity index (χ1) is 12.9. The van der Waals surface area contributed by atoms with Gasteiger partial charge in [0, 0.05) is 33.9 Å². The number of hydrogen-bond donors (Lipinski definition) is 1. The van der Waals surface area contributed by atoms with Crippen molar-refractivity contribution < 1.29 is 8.42 Å². The monoisotopic (exact) mass is 469 g/mol. The molecule has 0 radical (unpaired) electrons. The van der Waals surface area contributed by atoms with Gasteiger partial charge in [0.05, 0.1) is 10.6 Å². The number of rotatable bonds is 7. The second kappa shape index (κ2) is 8.86. The lowest BCUT2D eigenvalue weighted by Gasteiger charge is -2.30. The molecule has 1 N–H and O–H groups in total. The van der Waals surface area contributed by atoms with Crippen molar-refractivity contribution in [2.24, 2.45) is 0 Å². The molecule has 8 heteroatoms. The Labute approximate surface area is 174 Å². The summed E-state index contributed by atoms with van der Waals surface area (Å²) >= 11 is 5.06. The van der Waals surface area contributed by atoms with E-state index in [4.69, 9.17) is 0 Å². The number of hydrogen-bond acceptors (Lipinski definition) is 5. The highest BCUT2D eigenvalue weighted by atomic mass is 79.9. The van der Waals surface area contributed by atoms with Crippen LogP contribution in [-0.4, -0.2) is 52.8 Å². The normalized spacial score (nSPS) is 14.3. The summed E-state index contributed by atoms with van der Waals surface area (Å²) in [6.07, 6.45) is 1.03. The molecule has 3 rings (SSSR count). The highest BCUT2D eigenvalue weighted by molar-refractivity contribution is 9.10. The van der Waals surface area contributed by atoms with Gasteiger partial charge in [0.2, 0.25) is 0 Å². The minimum absolute atomic E-state index is 0.313. The molecule has 0 aromatic heterocycles. The maximum Gasteiger partial charge on any atom is 0.264 e. The first-order valence-electron chi connectivity index (χ1n) is 8.82. The van der Waals surface area contributed by atoms with E-state index in [9.17, 15) is 8.42 Å². The Morgan fingerprint density at radius 1 is 1.19 bits per heavy atom. The average Bonchev–Trinajstić information content (AvgIpc) is 2.65. The Bertz CT molecular complexity index is 886. The van der Waals surface area contributed by atoms with Crippen LogP contribution in [0.2, 0.25) is 0 Å². The fraction of sp³-hybridized carbons (Fsp3) is 0.368. The summed E-state index contributed by atoms with van der Waals surface area (Å²) < 4.78 is 28.8. The van der Waals surface area contributed by atoms with Crippen molar-refractivity contribution in [3.8, 4) is 0 Å². The quantitative estimate of drug-likeness (QED) is 0.618. The van der Waals surface area contributed by atoms with Crippen LogP contribution in [0.1, 0.15) is 6.42 Å². The first-order valence-corrected chi connectivity index (χ1v) is 12.0. The van der Waals surface area contributed by atoms with Crippen LogP contribution in [-0.2, 0) is 10.0 Å². The summed E-state index contributed by atoms with van der Waals surface area (Å²) in [6, 6.07) is 12.8. The van der Waals surface area contributed by atoms with Crippen LogP contribution in [0.5, 0.6) is 0 Å². The topological polar surface area (TPSA) is 52.6 Å². The number of nitrogens with zero attached hydrogens (tertiary/aromatic N) is 2. The molecular weight excluding hydrogens is 446 g/mol. The highest BCUT2D eigenvalue weighted by Gasteiger charge is 2.29. The molecule has 0 amide bonds. The van der Waals surface area contributed by atoms with Gasteiger partial charge in [-0.2, -0.15) is 0 Å². The molecule has 0 aliphatic carbocycles. The molecule has 1 heterocycles. The van der Waals surface area contributed by atoms with E-state index in [1.165, 1.54) is 4.31 Å². The Balaban J connectivity index is 1.84. The summed E-state index contributed by atoms with van der Waals surface area (Å²) in [6.45, 7) is 2.33. The maximum atomic E-state index is 13.2. The SMILES string of the molecule is CN(C)CCCNc1ccc2c(c1)N(S(=O)(=O)c1ccc(Br)cc1)CCS2. The summed E-state index contributed by atoms with van der Waals surface area (Å²) in [5.74, 6) is 0.748. The Morgan fingerprint density at radius 2 is 1.93 bits per heavy atom. The summed E-state index contributed by atoms with van der Waals surface area (Å²) in [4.78, 5) is 3.46. The van der Waals surface area contributed by atoms with E-state index >= 15 is 0 Å². The molecule has 27 heavy (non-hydrogen) atoms. The third-order valence-electron chi connectivity index (χ3n) is 4.29. The smallest absolute Gasteiger partial charge is 0.264 e. The molecule has 2 aromatic rings. The second-order valence-electron chi connectivity index (χ2n) is 6.65. The van der Waals surface area contributed by atoms with Crippen molar-refractivity contribution in [3.63, 3.8) is 0 Å². The molecule has 0 saturated heterocycles. The molecule has 5 nitrogen and oxygen atoms in total. The van der Waals surface area contributed by atoms with Crippen LogP contribution in [0.15, 0.2) is 56.7 Å². The van der Waals surface area contributed by atoms with Gasteiger partial charge >= 0.3 is 0 Å². The molecule has 0 saturated carbocycles. The highest BCUT2D eigenvalue weighted by Crippen LogP contribution is 2.39. The van der Waals surface area contributed by atoms with Gasteiger partial charge < -0.3 is 10.2 Å². The number of halogens is 1. The number of nitrogens with one attached hydrogen (secondary N) is 1. The van der Waals surface area contributed by atoms with Gasteiger partial charge in [-0.05, 0) is 69.5 Å². The van der Waals surface area contributed by atoms with E-state index in [0.29, 0.717) is 11.4 Å². The van der Waals surface area contributed by atoms with Crippen molar-refractivity contribution in [2.45, 2.75) is 16.2 Å². The van der Waals surface area contributed by atoms with E-state index in [-0.39, 0.29) is 0 Å². The lowest BCUT2D eigenvalue weighted by atomic mass is 10.2. The Kier molecular flexibility index (Phi) is 6.73. The maximum absolute atomic E-state index is 13.2. The van der Waals surface area contributed by atoms with E-state index in [1.807, 2.05) is 18.2 Å². The Morgan fingerprint density at radius 3 is 2.63 bits per heavy atom. The van der Waals surface area contributed by atoms with Crippen LogP contribution in [0.4, 0.5) is 11.4 Å². The minimum atomic E-state index is -3.58. The van der Waals surface area contributed by atoms with Gasteiger partial charge in [-0.3, -0.25) is 4.31 Å². The molecule has 0 spiro atoms. The van der Waals surface area contributed by atoms with Gasteiger partial charge in [-0.1, -0.05) is 15.9 Å². The fourth-order valence-electron chi connectivity index (χ4n) is 2.91. The summed E-state index contributed by atoms with van der Waals surface area (Å²) in [5, 5.41) is 3.41. The molecule has 0 fully saturated rings. The largest absolute Gasteiger partial charge is 0.385 e. The van der Waals surface area contributed by atoms with Crippen LogP contribution in [0.25, 0.3) is 0 Å². The zero-order valence-corrected chi connectivity index (χ0v) is 18.7. The zero-order valence-electron chi connectivity index (χ0n) is 15.5. The van der Waals surface area contributed by atoms with Crippen LogP contribution >= 0.6 is 27.7 Å². The van der Waals surface area contributed by atoms with Gasteiger partial charge in [0.15, 0.2) is 0 Å². The van der Waals surface area contributed by atoms with Crippen molar-refractivity contribution in [1.82, 2.24) is 4.90 Å². The van der Waals surface area contributed by atoms with E-state index in [1.54, 1.807) is 36.0 Å². The average molecular weight is 470 g/mol. The number of benzene rings is 2. The van der Waals surface area contributed by atoms with E-state index in [0.717, 1.165) is 46.0 Å². The number of anilines is 2. The molecule has 0 bridgehead atoms. The van der Waals surface area contributed by atoms with Gasteiger partial charge in [-0.15, -0.1) is 11.8 Å². The predicted octanol–water partition coefficient (Wildman–Crippen LogP) is 4.11. The summed E-state index contributed by atoms with van der Waals surface area (Å²) in [5.41, 5.74) is 1.71. The van der Waals surface area contributed by atoms with Gasteiger partial charge in [0.1, 0.15) is 0 Å². The zero-order chi connectivity index (χ0) is 19.4. The molecule has 146 valence electrons. The van der Waals surface area contributed by atoms with E-state index < -0.39 is 10.0 Å². The van der Waals surface area contributed by atoms with Crippen LogP contribution < -0.4 is 9.62 Å². The first kappa shape index (κ1) is 20.5. The van der Waals surface area contributed by atoms with Crippen molar-refractivity contribution in [1.29, 1.82) is 0 Å². The van der Waals surface area contributed by atoms with Crippen LogP contribution in [0.3, 0.4) is 0 Å². The molecule has 0 unspecified atom stereocenters. The van der Waals surface area contributed by atoms with Gasteiger partial charge in [0.25, 0.3) is 10.0 Å². The van der Waals surface area contributed by atoms with Crippen LogP contribution in [0, 0.1) is 0 Å². The third kappa shape index (κ3) is 4.99. The predicted molar refractivity (Wildman–Crippen MR) is 118 cm³/mol. The Hall–Kier alpha value is -1.22. The van der Waals surface area contributed by atoms with Gasteiger partial charge in [-0.25, -0.2) is 8.42 Å². The number of thioether (sulfide) groups is 1. The van der Waals surface area contributed by atoms with Crippen molar-refractivity contribution >= 4 is 49.1 Å². The van der Waals surface area contributed by atoms with Crippen molar-refractivity contribution in [2.75, 3.05) is 49.1 Å². The standard InChI is InChI=1S/C19H24BrN3O2S2/c1-22(2)11-3-10-21-16-6-9-19-18(14-16)23(12-13-26-19)27(24,25)17-7-4-15(20)5-8-17/h4-9,14,21H,3,10-13H2,1-2H3. The second-order valence-corrected chi connectivity index (χ2v) is 10.6. The molecule has 0 atom stereocenters. The molecule has 1 aliphatic heterocycles. The minimum Gasteiger partial charge on any atom is -0.385 e. The molecule has 2 aromatic carbocycles. The fourth-order valence-corrected chi connectivity index (χ4v) is 5.80. The third-order valence-corrected chi connectivity index (χ3v) is 7.69. The number of sulfonamides is 1. The number of fused-ring (bicyclic) bond motifs is 1. The molecular formula is C19H24BrN3O2S2. The lowest BCUT2D eigenvalue weighted by Crippen LogP contribution is -2.35. The molecule has 1 aliphatic rings. The summed E-state index contributed by atoms with van der Waals surface area (Å²) in [7, 11) is 0.532.